The topological polar surface area (TPSA) is 64.4 Å². The molecule has 0 saturated heterocycles. The van der Waals surface area contributed by atoms with Crippen LogP contribution in [0.2, 0.25) is 0 Å². The fourth-order valence-electron chi connectivity index (χ4n) is 1.51. The van der Waals surface area contributed by atoms with Crippen LogP contribution in [0.15, 0.2) is 24.3 Å². The van der Waals surface area contributed by atoms with Gasteiger partial charge in [-0.25, -0.2) is 0 Å². The Morgan fingerprint density at radius 2 is 2.00 bits per heavy atom. The largest absolute Gasteiger partial charge is 0.573 e. The van der Waals surface area contributed by atoms with E-state index >= 15 is 0 Å². The van der Waals surface area contributed by atoms with Gasteiger partial charge in [-0.05, 0) is 36.1 Å². The van der Waals surface area contributed by atoms with Gasteiger partial charge in [-0.15, -0.1) is 13.2 Å². The fraction of sp³-hybridized carbons (Fsp3) is 0.462. The molecule has 0 aliphatic heterocycles. The van der Waals surface area contributed by atoms with Gasteiger partial charge in [0.1, 0.15) is 5.75 Å². The highest BCUT2D eigenvalue weighted by Gasteiger charge is 2.30. The minimum atomic E-state index is -4.71. The third-order valence-electron chi connectivity index (χ3n) is 2.59. The van der Waals surface area contributed by atoms with Crippen molar-refractivity contribution in [1.82, 2.24) is 5.32 Å². The van der Waals surface area contributed by atoms with Crippen LogP contribution in [-0.4, -0.2) is 30.3 Å². The van der Waals surface area contributed by atoms with Gasteiger partial charge in [0.2, 0.25) is 5.91 Å². The molecule has 0 bridgehead atoms. The second kappa shape index (κ2) is 8.14. The third kappa shape index (κ3) is 7.24. The summed E-state index contributed by atoms with van der Waals surface area (Å²) in [6.45, 7) is 0.206. The monoisotopic (exact) mass is 322 g/mol. The number of ether oxygens (including phenoxy) is 1. The molecule has 0 fully saturated rings. The molecule has 0 heterocycles. The van der Waals surface area contributed by atoms with Crippen molar-refractivity contribution in [2.24, 2.45) is 5.73 Å². The van der Waals surface area contributed by atoms with Gasteiger partial charge in [-0.1, -0.05) is 12.1 Å². The number of hydrogen-bond acceptors (Lipinski definition) is 4. The van der Waals surface area contributed by atoms with Crippen LogP contribution in [0.3, 0.4) is 0 Å². The summed E-state index contributed by atoms with van der Waals surface area (Å²) in [5.74, 6) is 0.215. The molecule has 0 aromatic heterocycles. The first-order chi connectivity index (χ1) is 9.81. The Balaban J connectivity index is 2.44. The minimum Gasteiger partial charge on any atom is -0.406 e. The molecule has 0 aliphatic rings. The van der Waals surface area contributed by atoms with E-state index in [-0.39, 0.29) is 18.2 Å². The third-order valence-corrected chi connectivity index (χ3v) is 3.24. The quantitative estimate of drug-likeness (QED) is 0.808. The smallest absolute Gasteiger partial charge is 0.406 e. The van der Waals surface area contributed by atoms with Crippen molar-refractivity contribution in [3.05, 3.63) is 29.8 Å². The molecular weight excluding hydrogens is 305 g/mol. The average molecular weight is 322 g/mol. The van der Waals surface area contributed by atoms with E-state index in [1.165, 1.54) is 24.3 Å². The molecule has 1 aromatic carbocycles. The Hall–Kier alpha value is -1.41. The number of hydrogen-bond donors (Lipinski definition) is 2. The summed E-state index contributed by atoms with van der Waals surface area (Å²) in [5, 5.41) is 2.64. The zero-order valence-corrected chi connectivity index (χ0v) is 12.3. The molecule has 21 heavy (non-hydrogen) atoms. The SMILES string of the molecule is CSCC[C@@H](N)C(=O)NCc1ccc(OC(F)(F)F)cc1. The van der Waals surface area contributed by atoms with Gasteiger partial charge in [0.25, 0.3) is 0 Å². The van der Waals surface area contributed by atoms with E-state index < -0.39 is 12.4 Å². The maximum absolute atomic E-state index is 12.0. The van der Waals surface area contributed by atoms with Crippen LogP contribution in [0, 0.1) is 0 Å². The summed E-state index contributed by atoms with van der Waals surface area (Å²) in [6, 6.07) is 4.72. The molecular formula is C13H17F3N2O2S. The lowest BCUT2D eigenvalue weighted by Gasteiger charge is -2.12. The first kappa shape index (κ1) is 17.6. The van der Waals surface area contributed by atoms with Gasteiger partial charge in [0, 0.05) is 6.54 Å². The number of benzene rings is 1. The Morgan fingerprint density at radius 3 is 2.52 bits per heavy atom. The molecule has 4 nitrogen and oxygen atoms in total. The maximum atomic E-state index is 12.0. The van der Waals surface area contributed by atoms with E-state index in [1.807, 2.05) is 6.26 Å². The number of alkyl halides is 3. The lowest BCUT2D eigenvalue weighted by molar-refractivity contribution is -0.274. The molecule has 0 radical (unpaired) electrons. The molecule has 8 heteroatoms. The maximum Gasteiger partial charge on any atom is 0.573 e. The van der Waals surface area contributed by atoms with Crippen molar-refractivity contribution in [1.29, 1.82) is 0 Å². The highest BCUT2D eigenvalue weighted by Crippen LogP contribution is 2.22. The Kier molecular flexibility index (Phi) is 6.83. The summed E-state index contributed by atoms with van der Waals surface area (Å²) in [7, 11) is 0. The second-order valence-corrected chi connectivity index (χ2v) is 5.28. The molecule has 0 unspecified atom stereocenters. The summed E-state index contributed by atoms with van der Waals surface area (Å²) in [5.41, 5.74) is 6.35. The van der Waals surface area contributed by atoms with Crippen molar-refractivity contribution in [2.45, 2.75) is 25.4 Å². The number of rotatable bonds is 7. The Morgan fingerprint density at radius 1 is 1.38 bits per heavy atom. The van der Waals surface area contributed by atoms with Crippen LogP contribution >= 0.6 is 11.8 Å². The van der Waals surface area contributed by atoms with E-state index in [4.69, 9.17) is 5.73 Å². The number of nitrogens with two attached hydrogens (primary N) is 1. The Bertz CT molecular complexity index is 452. The standard InChI is InChI=1S/C13H17F3N2O2S/c1-21-7-6-11(17)12(19)18-8-9-2-4-10(5-3-9)20-13(14,15)16/h2-5,11H,6-8,17H2,1H3,(H,18,19)/t11-/m1/s1. The first-order valence-electron chi connectivity index (χ1n) is 6.18. The number of amides is 1. The first-order valence-corrected chi connectivity index (χ1v) is 7.58. The average Bonchev–Trinajstić information content (AvgIpc) is 2.42. The van der Waals surface area contributed by atoms with E-state index in [0.717, 1.165) is 5.75 Å². The molecule has 1 aromatic rings. The fourth-order valence-corrected chi connectivity index (χ4v) is 1.99. The van der Waals surface area contributed by atoms with Crippen LogP contribution < -0.4 is 15.8 Å². The Labute approximate surface area is 125 Å². The molecule has 0 aliphatic carbocycles. The molecule has 118 valence electrons. The van der Waals surface area contributed by atoms with E-state index in [1.54, 1.807) is 11.8 Å². The summed E-state index contributed by atoms with van der Waals surface area (Å²) >= 11 is 1.60. The van der Waals surface area contributed by atoms with Crippen molar-refractivity contribution < 1.29 is 22.7 Å². The van der Waals surface area contributed by atoms with Crippen LogP contribution in [0.5, 0.6) is 5.75 Å². The number of carbonyl (C=O) groups excluding carboxylic acids is 1. The predicted octanol–water partition coefficient (Wildman–Crippen LogP) is 2.28. The van der Waals surface area contributed by atoms with Crippen LogP contribution in [0.1, 0.15) is 12.0 Å². The van der Waals surface area contributed by atoms with Crippen molar-refractivity contribution in [2.75, 3.05) is 12.0 Å². The van der Waals surface area contributed by atoms with Gasteiger partial charge < -0.3 is 15.8 Å². The lowest BCUT2D eigenvalue weighted by Crippen LogP contribution is -2.40. The normalized spacial score (nSPS) is 12.8. The van der Waals surface area contributed by atoms with Crippen LogP contribution in [0.25, 0.3) is 0 Å². The highest BCUT2D eigenvalue weighted by atomic mass is 32.2. The second-order valence-electron chi connectivity index (χ2n) is 4.30. The predicted molar refractivity (Wildman–Crippen MR) is 75.9 cm³/mol. The van der Waals surface area contributed by atoms with E-state index in [9.17, 15) is 18.0 Å². The number of carbonyl (C=O) groups is 1. The highest BCUT2D eigenvalue weighted by molar-refractivity contribution is 7.98. The van der Waals surface area contributed by atoms with Crippen LogP contribution in [0.4, 0.5) is 13.2 Å². The summed E-state index contributed by atoms with van der Waals surface area (Å²) in [4.78, 5) is 11.7. The van der Waals surface area contributed by atoms with Gasteiger partial charge >= 0.3 is 6.36 Å². The van der Waals surface area contributed by atoms with Gasteiger partial charge in [-0.2, -0.15) is 11.8 Å². The number of halogens is 3. The van der Waals surface area contributed by atoms with Gasteiger partial charge in [0.05, 0.1) is 6.04 Å². The van der Waals surface area contributed by atoms with Crippen molar-refractivity contribution >= 4 is 17.7 Å². The molecule has 1 amide bonds. The molecule has 1 rings (SSSR count). The molecule has 1 atom stereocenters. The molecule has 0 spiro atoms. The zero-order chi connectivity index (χ0) is 15.9. The van der Waals surface area contributed by atoms with E-state index in [0.29, 0.717) is 12.0 Å². The van der Waals surface area contributed by atoms with Crippen LogP contribution in [-0.2, 0) is 11.3 Å². The molecule has 0 saturated carbocycles. The van der Waals surface area contributed by atoms with E-state index in [2.05, 4.69) is 10.1 Å². The van der Waals surface area contributed by atoms with Gasteiger partial charge in [-0.3, -0.25) is 4.79 Å². The summed E-state index contributed by atoms with van der Waals surface area (Å²) in [6.07, 6.45) is -2.21. The minimum absolute atomic E-state index is 0.206. The van der Waals surface area contributed by atoms with Crippen molar-refractivity contribution in [3.8, 4) is 5.75 Å². The van der Waals surface area contributed by atoms with Crippen molar-refractivity contribution in [3.63, 3.8) is 0 Å². The number of nitrogens with one attached hydrogen (secondary N) is 1. The lowest BCUT2D eigenvalue weighted by atomic mass is 10.2. The van der Waals surface area contributed by atoms with Gasteiger partial charge in [0.15, 0.2) is 0 Å². The zero-order valence-electron chi connectivity index (χ0n) is 11.4. The summed E-state index contributed by atoms with van der Waals surface area (Å²) < 4.78 is 39.7. The molecule has 3 N–H and O–H groups in total. The number of thioether (sulfide) groups is 1.